The van der Waals surface area contributed by atoms with Crippen LogP contribution in [0.25, 0.3) is 11.1 Å². The molecule has 0 spiro atoms. The lowest BCUT2D eigenvalue weighted by Gasteiger charge is -2.28. The average Bonchev–Trinajstić information content (AvgIpc) is 2.71. The predicted octanol–water partition coefficient (Wildman–Crippen LogP) is 8.08. The topological polar surface area (TPSA) is 0 Å². The van der Waals surface area contributed by atoms with Crippen LogP contribution in [0.1, 0.15) is 75.3 Å². The molecule has 27 heavy (non-hydrogen) atoms. The van der Waals surface area contributed by atoms with Crippen LogP contribution in [-0.4, -0.2) is 0 Å². The zero-order chi connectivity index (χ0) is 19.1. The molecule has 1 aliphatic rings. The van der Waals surface area contributed by atoms with Gasteiger partial charge in [0.2, 0.25) is 0 Å². The third-order valence-corrected chi connectivity index (χ3v) is 6.17. The first-order valence-electron chi connectivity index (χ1n) is 10.7. The molecule has 0 aromatic heterocycles. The highest BCUT2D eigenvalue weighted by Crippen LogP contribution is 2.38. The van der Waals surface area contributed by atoms with Crippen LogP contribution in [0.2, 0.25) is 0 Å². The Morgan fingerprint density at radius 1 is 1.04 bits per heavy atom. The second-order valence-corrected chi connectivity index (χ2v) is 8.12. The Morgan fingerprint density at radius 2 is 1.78 bits per heavy atom. The highest BCUT2D eigenvalue weighted by Gasteiger charge is 2.22. The Hall–Kier alpha value is -1.89. The lowest BCUT2D eigenvalue weighted by atomic mass is 9.77. The standard InChI is InChI=1S/C26H33F/c1-3-5-7-20-9-13-22(14-10-20)24-17-18-25(26(27)19-24)23-15-11-21(12-16-23)8-6-4-2/h3,11-12,15-20,22H,1,4-10,13-14H2,2H3. The summed E-state index contributed by atoms with van der Waals surface area (Å²) in [7, 11) is 0. The molecule has 3 rings (SSSR count). The zero-order valence-corrected chi connectivity index (χ0v) is 16.7. The first kappa shape index (κ1) is 19.9. The van der Waals surface area contributed by atoms with Crippen LogP contribution in [0.5, 0.6) is 0 Å². The van der Waals surface area contributed by atoms with Gasteiger partial charge >= 0.3 is 0 Å². The van der Waals surface area contributed by atoms with E-state index >= 15 is 0 Å². The number of rotatable bonds is 8. The normalized spacial score (nSPS) is 19.8. The molecular formula is C26H33F. The van der Waals surface area contributed by atoms with Gasteiger partial charge in [-0.2, -0.15) is 0 Å². The van der Waals surface area contributed by atoms with Gasteiger partial charge in [-0.15, -0.1) is 6.58 Å². The fraction of sp³-hybridized carbons (Fsp3) is 0.462. The molecule has 0 N–H and O–H groups in total. The van der Waals surface area contributed by atoms with E-state index in [-0.39, 0.29) is 5.82 Å². The van der Waals surface area contributed by atoms with Gasteiger partial charge in [-0.1, -0.05) is 55.8 Å². The molecule has 0 aliphatic heterocycles. The molecule has 0 atom stereocenters. The maximum absolute atomic E-state index is 14.8. The maximum atomic E-state index is 14.8. The van der Waals surface area contributed by atoms with Crippen LogP contribution in [0.4, 0.5) is 4.39 Å². The second-order valence-electron chi connectivity index (χ2n) is 8.12. The Morgan fingerprint density at radius 3 is 2.41 bits per heavy atom. The fourth-order valence-corrected chi connectivity index (χ4v) is 4.39. The minimum absolute atomic E-state index is 0.0809. The molecule has 2 aromatic rings. The Kier molecular flexibility index (Phi) is 7.26. The molecule has 0 bridgehead atoms. The van der Waals surface area contributed by atoms with Crippen molar-refractivity contribution in [2.45, 2.75) is 70.6 Å². The summed E-state index contributed by atoms with van der Waals surface area (Å²) in [5.41, 5.74) is 4.22. The van der Waals surface area contributed by atoms with Crippen molar-refractivity contribution < 1.29 is 4.39 Å². The van der Waals surface area contributed by atoms with E-state index in [1.165, 1.54) is 56.1 Å². The number of halogens is 1. The minimum atomic E-state index is -0.0809. The molecule has 1 saturated carbocycles. The summed E-state index contributed by atoms with van der Waals surface area (Å²) in [6.45, 7) is 6.03. The van der Waals surface area contributed by atoms with Crippen LogP contribution in [0, 0.1) is 11.7 Å². The van der Waals surface area contributed by atoms with Gasteiger partial charge in [0.1, 0.15) is 5.82 Å². The van der Waals surface area contributed by atoms with Crippen LogP contribution in [0.15, 0.2) is 55.1 Å². The second kappa shape index (κ2) is 9.88. The number of allylic oxidation sites excluding steroid dienone is 1. The molecule has 2 aromatic carbocycles. The summed E-state index contributed by atoms with van der Waals surface area (Å²) in [6.07, 6.45) is 12.8. The van der Waals surface area contributed by atoms with Gasteiger partial charge in [0.25, 0.3) is 0 Å². The SMILES string of the molecule is C=CCCC1CCC(c2ccc(-c3ccc(CCCC)cc3)c(F)c2)CC1. The van der Waals surface area contributed by atoms with E-state index in [4.69, 9.17) is 0 Å². The van der Waals surface area contributed by atoms with Crippen LogP contribution in [0.3, 0.4) is 0 Å². The van der Waals surface area contributed by atoms with E-state index in [1.807, 2.05) is 12.1 Å². The number of hydrogen-bond acceptors (Lipinski definition) is 0. The smallest absolute Gasteiger partial charge is 0.131 e. The monoisotopic (exact) mass is 364 g/mol. The first-order chi connectivity index (χ1) is 13.2. The van der Waals surface area contributed by atoms with Crippen molar-refractivity contribution in [1.82, 2.24) is 0 Å². The molecule has 1 heteroatoms. The molecule has 1 aliphatic carbocycles. The highest BCUT2D eigenvalue weighted by molar-refractivity contribution is 5.65. The zero-order valence-electron chi connectivity index (χ0n) is 16.7. The van der Waals surface area contributed by atoms with E-state index in [2.05, 4.69) is 43.8 Å². The number of aryl methyl sites for hydroxylation is 1. The third-order valence-electron chi connectivity index (χ3n) is 6.17. The predicted molar refractivity (Wildman–Crippen MR) is 115 cm³/mol. The van der Waals surface area contributed by atoms with Crippen LogP contribution in [-0.2, 0) is 6.42 Å². The van der Waals surface area contributed by atoms with Gasteiger partial charge in [-0.3, -0.25) is 0 Å². The lowest BCUT2D eigenvalue weighted by molar-refractivity contribution is 0.311. The van der Waals surface area contributed by atoms with Crippen molar-refractivity contribution in [2.75, 3.05) is 0 Å². The van der Waals surface area contributed by atoms with Crippen molar-refractivity contribution in [3.63, 3.8) is 0 Å². The number of benzene rings is 2. The van der Waals surface area contributed by atoms with Crippen molar-refractivity contribution >= 4 is 0 Å². The number of hydrogen-bond donors (Lipinski definition) is 0. The molecular weight excluding hydrogens is 331 g/mol. The summed E-state index contributed by atoms with van der Waals surface area (Å²) < 4.78 is 14.8. The minimum Gasteiger partial charge on any atom is -0.206 e. The average molecular weight is 365 g/mol. The van der Waals surface area contributed by atoms with Crippen molar-refractivity contribution in [3.8, 4) is 11.1 Å². The molecule has 0 heterocycles. The third kappa shape index (κ3) is 5.31. The van der Waals surface area contributed by atoms with Gasteiger partial charge in [0, 0.05) is 5.56 Å². The van der Waals surface area contributed by atoms with Gasteiger partial charge in [0.15, 0.2) is 0 Å². The quantitative estimate of drug-likeness (QED) is 0.415. The van der Waals surface area contributed by atoms with Crippen molar-refractivity contribution in [1.29, 1.82) is 0 Å². The van der Waals surface area contributed by atoms with Gasteiger partial charge in [0.05, 0.1) is 0 Å². The van der Waals surface area contributed by atoms with Crippen LogP contribution < -0.4 is 0 Å². The maximum Gasteiger partial charge on any atom is 0.131 e. The largest absolute Gasteiger partial charge is 0.206 e. The van der Waals surface area contributed by atoms with Crippen LogP contribution >= 0.6 is 0 Å². The molecule has 0 unspecified atom stereocenters. The number of unbranched alkanes of at least 4 members (excludes halogenated alkanes) is 1. The summed E-state index contributed by atoms with van der Waals surface area (Å²) >= 11 is 0. The molecule has 0 saturated heterocycles. The molecule has 1 fully saturated rings. The van der Waals surface area contributed by atoms with Gasteiger partial charge < -0.3 is 0 Å². The molecule has 0 nitrogen and oxygen atoms in total. The first-order valence-corrected chi connectivity index (χ1v) is 10.7. The van der Waals surface area contributed by atoms with E-state index in [0.29, 0.717) is 5.92 Å². The van der Waals surface area contributed by atoms with E-state index in [9.17, 15) is 4.39 Å². The molecule has 144 valence electrons. The van der Waals surface area contributed by atoms with E-state index in [1.54, 1.807) is 6.07 Å². The fourth-order valence-electron chi connectivity index (χ4n) is 4.39. The molecule has 0 amide bonds. The molecule has 0 radical (unpaired) electrons. The highest BCUT2D eigenvalue weighted by atomic mass is 19.1. The van der Waals surface area contributed by atoms with E-state index < -0.39 is 0 Å². The van der Waals surface area contributed by atoms with Crippen molar-refractivity contribution in [3.05, 3.63) is 72.1 Å². The van der Waals surface area contributed by atoms with Crippen molar-refractivity contribution in [2.24, 2.45) is 5.92 Å². The Bertz CT molecular complexity index is 720. The Balaban J connectivity index is 1.65. The Labute approximate surface area is 164 Å². The summed E-state index contributed by atoms with van der Waals surface area (Å²) in [5.74, 6) is 1.27. The van der Waals surface area contributed by atoms with Gasteiger partial charge in [-0.25, -0.2) is 4.39 Å². The lowest BCUT2D eigenvalue weighted by Crippen LogP contribution is -2.13. The summed E-state index contributed by atoms with van der Waals surface area (Å²) in [4.78, 5) is 0. The summed E-state index contributed by atoms with van der Waals surface area (Å²) in [5, 5.41) is 0. The van der Waals surface area contributed by atoms with Gasteiger partial charge in [-0.05, 0) is 86.0 Å². The van der Waals surface area contributed by atoms with E-state index in [0.717, 1.165) is 29.9 Å². The summed E-state index contributed by atoms with van der Waals surface area (Å²) in [6, 6.07) is 14.3.